The zero-order valence-electron chi connectivity index (χ0n) is 43.9. The summed E-state index contributed by atoms with van der Waals surface area (Å²) < 4.78 is 14.5. The van der Waals surface area contributed by atoms with Crippen LogP contribution < -0.4 is 20.9 Å². The van der Waals surface area contributed by atoms with Gasteiger partial charge in [0.15, 0.2) is 5.13 Å². The summed E-state index contributed by atoms with van der Waals surface area (Å²) in [5.41, 5.74) is 6.05. The average molecular weight is 1090 g/mol. The Morgan fingerprint density at radius 2 is 1.64 bits per heavy atom. The number of aliphatic hydroxyl groups is 1. The number of piperazine rings is 1. The molecule has 6 amide bonds. The lowest BCUT2D eigenvalue weighted by Gasteiger charge is -2.43. The number of aromatic hydroxyl groups is 1. The minimum Gasteiger partial charge on any atom is -0.508 e. The number of carbonyl (C=O) groups is 6. The Morgan fingerprint density at radius 3 is 2.32 bits per heavy atom. The fourth-order valence-electron chi connectivity index (χ4n) is 10.9. The van der Waals surface area contributed by atoms with E-state index in [2.05, 4.69) is 35.7 Å². The molecule has 21 heteroatoms. The molecule has 6 heterocycles. The van der Waals surface area contributed by atoms with Crippen LogP contribution in [0.1, 0.15) is 105 Å². The summed E-state index contributed by atoms with van der Waals surface area (Å²) in [6, 6.07) is 14.1. The second-order valence-corrected chi connectivity index (χ2v) is 23.2. The van der Waals surface area contributed by atoms with Crippen molar-refractivity contribution in [3.63, 3.8) is 0 Å². The number of fused-ring (bicyclic) bond motifs is 1. The molecular formula is C56H67FN10O8S2. The maximum atomic E-state index is 14.5. The van der Waals surface area contributed by atoms with Crippen molar-refractivity contribution >= 4 is 68.9 Å². The van der Waals surface area contributed by atoms with Gasteiger partial charge in [0.05, 0.1) is 22.2 Å². The monoisotopic (exact) mass is 1090 g/mol. The van der Waals surface area contributed by atoms with Crippen LogP contribution in [0.2, 0.25) is 0 Å². The number of hydrogen-bond donors (Lipinski definition) is 5. The van der Waals surface area contributed by atoms with Crippen LogP contribution in [0, 0.1) is 18.2 Å². The number of nitrogens with zero attached hydrogens (tertiary/aromatic N) is 7. The maximum Gasteiger partial charge on any atom is 0.255 e. The molecular weight excluding hydrogens is 1020 g/mol. The van der Waals surface area contributed by atoms with Crippen LogP contribution >= 0.6 is 22.7 Å². The number of aliphatic hydroxyl groups excluding tert-OH is 1. The molecule has 18 nitrogen and oxygen atoms in total. The van der Waals surface area contributed by atoms with Crippen LogP contribution in [0.3, 0.4) is 0 Å². The SMILES string of the molecule is Cc1ncsc1-c1ccc(CNC(=O)[C@@H]2C[C@@H](O)CN2C(=O)[C@@H](NC(=O)CCCCC(=O)N2CCN(C3CCN(c4ccc5c(c4)C(=O)N(C(C(=O)Nc4nccs4)c4cc(F)ccc4O)C5)CC3)CC2)C(C)(C)C)cc1. The highest BCUT2D eigenvalue weighted by Gasteiger charge is 2.45. The average Bonchev–Trinajstić information content (AvgIpc) is 4.27. The number of carbonyl (C=O) groups excluding carboxylic acids is 6. The first-order valence-corrected chi connectivity index (χ1v) is 28.1. The molecule has 408 valence electrons. The minimum atomic E-state index is -1.31. The van der Waals surface area contributed by atoms with Crippen LogP contribution in [0.15, 0.2) is 77.8 Å². The molecule has 3 saturated heterocycles. The summed E-state index contributed by atoms with van der Waals surface area (Å²) >= 11 is 2.77. The van der Waals surface area contributed by atoms with E-state index < -0.39 is 53.2 Å². The Kier molecular flexibility index (Phi) is 17.0. The predicted molar refractivity (Wildman–Crippen MR) is 291 cm³/mol. The van der Waals surface area contributed by atoms with Crippen molar-refractivity contribution in [3.05, 3.63) is 112 Å². The molecule has 0 saturated carbocycles. The van der Waals surface area contributed by atoms with Crippen molar-refractivity contribution in [1.82, 2.24) is 40.2 Å². The number of piperidine rings is 1. The van der Waals surface area contributed by atoms with Gasteiger partial charge in [-0.25, -0.2) is 14.4 Å². The molecule has 1 unspecified atom stereocenters. The number of halogens is 1. The zero-order valence-corrected chi connectivity index (χ0v) is 45.5. The van der Waals surface area contributed by atoms with Crippen molar-refractivity contribution in [2.45, 2.75) is 116 Å². The number of unbranched alkanes of at least 4 members (excludes halogenated alkanes) is 1. The number of aromatic nitrogens is 2. The van der Waals surface area contributed by atoms with Crippen molar-refractivity contribution in [3.8, 4) is 16.2 Å². The maximum absolute atomic E-state index is 14.5. The summed E-state index contributed by atoms with van der Waals surface area (Å²) in [4.78, 5) is 101. The van der Waals surface area contributed by atoms with Crippen molar-refractivity contribution in [1.29, 1.82) is 0 Å². The summed E-state index contributed by atoms with van der Waals surface area (Å²) in [5.74, 6) is -3.03. The third-order valence-electron chi connectivity index (χ3n) is 15.2. The minimum absolute atomic E-state index is 0.0179. The van der Waals surface area contributed by atoms with E-state index in [0.29, 0.717) is 49.1 Å². The van der Waals surface area contributed by atoms with Crippen molar-refractivity contribution in [2.75, 3.05) is 56.0 Å². The van der Waals surface area contributed by atoms with E-state index in [1.165, 1.54) is 33.4 Å². The lowest BCUT2D eigenvalue weighted by atomic mass is 9.85. The first-order valence-electron chi connectivity index (χ1n) is 26.4. The van der Waals surface area contributed by atoms with E-state index in [0.717, 1.165) is 84.1 Å². The number of phenolic OH excluding ortho intramolecular Hbond substituents is 1. The van der Waals surface area contributed by atoms with Gasteiger partial charge < -0.3 is 40.4 Å². The predicted octanol–water partition coefficient (Wildman–Crippen LogP) is 6.24. The number of rotatable bonds is 17. The fourth-order valence-corrected chi connectivity index (χ4v) is 12.3. The first-order chi connectivity index (χ1) is 36.9. The number of amides is 6. The third-order valence-corrected chi connectivity index (χ3v) is 16.9. The number of benzene rings is 3. The van der Waals surface area contributed by atoms with Gasteiger partial charge >= 0.3 is 0 Å². The molecule has 5 N–H and O–H groups in total. The van der Waals surface area contributed by atoms with Gasteiger partial charge in [-0.15, -0.1) is 22.7 Å². The number of aryl methyl sites for hydroxylation is 1. The molecule has 4 aliphatic rings. The van der Waals surface area contributed by atoms with E-state index in [1.807, 2.05) is 80.6 Å². The first kappa shape index (κ1) is 55.0. The lowest BCUT2D eigenvalue weighted by molar-refractivity contribution is -0.144. The van der Waals surface area contributed by atoms with E-state index in [-0.39, 0.29) is 61.5 Å². The van der Waals surface area contributed by atoms with E-state index in [1.54, 1.807) is 16.7 Å². The second kappa shape index (κ2) is 23.8. The molecule has 0 aliphatic carbocycles. The Hall–Kier alpha value is -6.81. The number of likely N-dealkylation sites (tertiary alicyclic amines) is 1. The molecule has 4 atom stereocenters. The van der Waals surface area contributed by atoms with Gasteiger partial charge in [0.1, 0.15) is 29.7 Å². The van der Waals surface area contributed by atoms with Gasteiger partial charge in [-0.2, -0.15) is 0 Å². The number of anilines is 2. The van der Waals surface area contributed by atoms with Gasteiger partial charge in [-0.05, 0) is 85.0 Å². The van der Waals surface area contributed by atoms with E-state index in [9.17, 15) is 43.4 Å². The van der Waals surface area contributed by atoms with Gasteiger partial charge in [-0.3, -0.25) is 39.0 Å². The highest BCUT2D eigenvalue weighted by Crippen LogP contribution is 2.39. The molecule has 0 spiro atoms. The molecule has 5 aromatic rings. The Morgan fingerprint density at radius 1 is 0.896 bits per heavy atom. The van der Waals surface area contributed by atoms with Gasteiger partial charge in [-0.1, -0.05) is 51.1 Å². The zero-order chi connectivity index (χ0) is 54.5. The molecule has 3 fully saturated rings. The molecule has 3 aromatic carbocycles. The molecule has 0 radical (unpaired) electrons. The quantitative estimate of drug-likeness (QED) is 0.0654. The van der Waals surface area contributed by atoms with Gasteiger partial charge in [0.2, 0.25) is 23.6 Å². The summed E-state index contributed by atoms with van der Waals surface area (Å²) in [7, 11) is 0. The standard InChI is InChI=1S/C56H67FN10O8S2/c1-34-49(77-33-60-34)36-11-9-35(10-12-36)30-59-51(72)44-29-41(68)32-66(44)54(75)50(56(2,3)4)61-46(70)7-5-6-8-47(71)65-24-22-64(23-25-65)39-17-20-63(21-18-39)40-15-13-37-31-67(53(74)42(37)28-40)48(43-27-38(57)14-16-45(43)69)52(73)62-55-58-19-26-76-55/h9-16,19,26-28,33,39,41,44,48,50,68-69H,5-8,17-18,20-25,29-32H2,1-4H3,(H,59,72)(H,61,70)(H,58,62,73)/t41-,44+,48?,50-/m1/s1. The number of phenols is 1. The Balaban J connectivity index is 0.698. The molecule has 0 bridgehead atoms. The van der Waals surface area contributed by atoms with Crippen molar-refractivity contribution < 1.29 is 43.4 Å². The van der Waals surface area contributed by atoms with Crippen LogP contribution in [-0.2, 0) is 37.1 Å². The van der Waals surface area contributed by atoms with Crippen LogP contribution in [0.25, 0.3) is 10.4 Å². The Labute approximate surface area is 455 Å². The normalized spacial score (nSPS) is 19.0. The Bertz CT molecular complexity index is 2950. The summed E-state index contributed by atoms with van der Waals surface area (Å²) in [6.07, 6.45) is 3.95. The highest BCUT2D eigenvalue weighted by atomic mass is 32.1. The summed E-state index contributed by atoms with van der Waals surface area (Å²) in [5, 5.41) is 32.0. The van der Waals surface area contributed by atoms with Gasteiger partial charge in [0, 0.05) is 113 Å². The largest absolute Gasteiger partial charge is 0.508 e. The van der Waals surface area contributed by atoms with Crippen LogP contribution in [0.4, 0.5) is 15.2 Å². The molecule has 9 rings (SSSR count). The van der Waals surface area contributed by atoms with E-state index >= 15 is 0 Å². The van der Waals surface area contributed by atoms with E-state index in [4.69, 9.17) is 0 Å². The highest BCUT2D eigenvalue weighted by molar-refractivity contribution is 7.14. The summed E-state index contributed by atoms with van der Waals surface area (Å²) in [6.45, 7) is 12.1. The third kappa shape index (κ3) is 12.8. The topological polar surface area (TPSA) is 221 Å². The number of nitrogens with one attached hydrogen (secondary N) is 3. The smallest absolute Gasteiger partial charge is 0.255 e. The van der Waals surface area contributed by atoms with Gasteiger partial charge in [0.25, 0.3) is 11.8 Å². The van der Waals surface area contributed by atoms with Crippen LogP contribution in [0.5, 0.6) is 5.75 Å². The number of hydrogen-bond acceptors (Lipinski definition) is 14. The molecule has 4 aliphatic heterocycles. The van der Waals surface area contributed by atoms with Crippen LogP contribution in [-0.4, -0.2) is 145 Å². The number of β-amino-alcohol motifs (C(OH)–C–C–N with tert-alkyl or cyclic N) is 1. The van der Waals surface area contributed by atoms with Crippen molar-refractivity contribution in [2.24, 2.45) is 5.41 Å². The molecule has 77 heavy (non-hydrogen) atoms. The second-order valence-electron chi connectivity index (χ2n) is 21.5. The fraction of sp³-hybridized carbons (Fsp3) is 0.464. The lowest BCUT2D eigenvalue weighted by Crippen LogP contribution is -2.57. The number of thiazole rings is 2. The molecule has 2 aromatic heterocycles.